The van der Waals surface area contributed by atoms with Gasteiger partial charge in [-0.05, 0) is 29.9 Å². The van der Waals surface area contributed by atoms with Crippen molar-refractivity contribution in [1.29, 1.82) is 5.26 Å². The maximum absolute atomic E-state index is 8.50. The zero-order valence-corrected chi connectivity index (χ0v) is 9.89. The van der Waals surface area contributed by atoms with Gasteiger partial charge in [0.15, 0.2) is 0 Å². The number of hydrogen-bond acceptors (Lipinski definition) is 2. The summed E-state index contributed by atoms with van der Waals surface area (Å²) in [7, 11) is 0. The molecule has 17 heavy (non-hydrogen) atoms. The number of nitriles is 1. The van der Waals surface area contributed by atoms with Gasteiger partial charge in [-0.1, -0.05) is 18.2 Å². The third-order valence-electron chi connectivity index (χ3n) is 3.03. The molecule has 0 radical (unpaired) electrons. The van der Waals surface area contributed by atoms with E-state index in [-0.39, 0.29) is 0 Å². The summed E-state index contributed by atoms with van der Waals surface area (Å²) in [6.07, 6.45) is 4.75. The maximum atomic E-state index is 8.50. The Morgan fingerprint density at radius 1 is 1.24 bits per heavy atom. The third kappa shape index (κ3) is 2.48. The fraction of sp³-hybridized carbons (Fsp3) is 0.357. The number of rotatable bonds is 5. The van der Waals surface area contributed by atoms with Gasteiger partial charge in [0.05, 0.1) is 11.6 Å². The molecule has 88 valence electrons. The van der Waals surface area contributed by atoms with Crippen LogP contribution >= 0.6 is 0 Å². The number of nitrogens with two attached hydrogens (primary N) is 1. The molecule has 0 saturated heterocycles. The summed E-state index contributed by atoms with van der Waals surface area (Å²) < 4.78 is 2.24. The van der Waals surface area contributed by atoms with Crippen LogP contribution in [-0.4, -0.2) is 4.57 Å². The Morgan fingerprint density at radius 3 is 2.88 bits per heavy atom. The van der Waals surface area contributed by atoms with E-state index in [4.69, 9.17) is 11.0 Å². The highest BCUT2D eigenvalue weighted by Crippen LogP contribution is 2.20. The second-order valence-corrected chi connectivity index (χ2v) is 4.18. The van der Waals surface area contributed by atoms with Gasteiger partial charge in [0, 0.05) is 25.7 Å². The number of nitrogens with zero attached hydrogens (tertiary/aromatic N) is 2. The van der Waals surface area contributed by atoms with Crippen molar-refractivity contribution in [1.82, 2.24) is 4.57 Å². The molecule has 0 saturated carbocycles. The monoisotopic (exact) mass is 227 g/mol. The summed E-state index contributed by atoms with van der Waals surface area (Å²) in [4.78, 5) is 0. The molecule has 1 aromatic carbocycles. The summed E-state index contributed by atoms with van der Waals surface area (Å²) in [5, 5.41) is 9.75. The smallest absolute Gasteiger partial charge is 0.0621 e. The average molecular weight is 227 g/mol. The Labute approximate surface area is 101 Å². The van der Waals surface area contributed by atoms with E-state index in [2.05, 4.69) is 35.0 Å². The molecule has 0 aliphatic rings. The van der Waals surface area contributed by atoms with E-state index >= 15 is 0 Å². The van der Waals surface area contributed by atoms with Crippen molar-refractivity contribution < 1.29 is 0 Å². The van der Waals surface area contributed by atoms with Crippen LogP contribution in [0.15, 0.2) is 30.5 Å². The number of fused-ring (bicyclic) bond motifs is 1. The molecular formula is C14H17N3. The topological polar surface area (TPSA) is 54.7 Å². The molecule has 0 spiro atoms. The fourth-order valence-corrected chi connectivity index (χ4v) is 2.18. The van der Waals surface area contributed by atoms with E-state index in [1.807, 2.05) is 6.07 Å². The highest BCUT2D eigenvalue weighted by molar-refractivity contribution is 5.83. The minimum atomic E-state index is 0.569. The lowest BCUT2D eigenvalue weighted by atomic mass is 10.1. The number of para-hydroxylation sites is 1. The lowest BCUT2D eigenvalue weighted by Crippen LogP contribution is -2.02. The second-order valence-electron chi connectivity index (χ2n) is 4.18. The van der Waals surface area contributed by atoms with Gasteiger partial charge in [-0.25, -0.2) is 0 Å². The summed E-state index contributed by atoms with van der Waals surface area (Å²) >= 11 is 0. The first-order chi connectivity index (χ1) is 8.36. The molecule has 0 unspecified atom stereocenters. The minimum absolute atomic E-state index is 0.569. The summed E-state index contributed by atoms with van der Waals surface area (Å²) in [6, 6.07) is 10.5. The van der Waals surface area contributed by atoms with Crippen molar-refractivity contribution in [2.75, 3.05) is 0 Å². The van der Waals surface area contributed by atoms with E-state index in [1.165, 1.54) is 16.5 Å². The molecule has 1 heterocycles. The minimum Gasteiger partial charge on any atom is -0.347 e. The first-order valence-corrected chi connectivity index (χ1v) is 6.00. The van der Waals surface area contributed by atoms with Crippen LogP contribution in [0.5, 0.6) is 0 Å². The number of unbranched alkanes of at least 4 members (excludes halogenated alkanes) is 2. The van der Waals surface area contributed by atoms with Crippen LogP contribution in [0.1, 0.15) is 24.8 Å². The van der Waals surface area contributed by atoms with Crippen molar-refractivity contribution in [3.63, 3.8) is 0 Å². The SMILES string of the molecule is N#CCCCCn1ccc2cccc(CN)c21. The molecule has 0 aliphatic heterocycles. The van der Waals surface area contributed by atoms with Crippen molar-refractivity contribution in [3.05, 3.63) is 36.0 Å². The lowest BCUT2D eigenvalue weighted by Gasteiger charge is -2.08. The Bertz CT molecular complexity index is 534. The zero-order valence-electron chi connectivity index (χ0n) is 9.89. The van der Waals surface area contributed by atoms with E-state index in [0.29, 0.717) is 13.0 Å². The Hall–Kier alpha value is -1.79. The Balaban J connectivity index is 2.20. The molecule has 0 amide bonds. The average Bonchev–Trinajstić information content (AvgIpc) is 2.78. The highest BCUT2D eigenvalue weighted by atomic mass is 15.0. The van der Waals surface area contributed by atoms with Crippen LogP contribution in [-0.2, 0) is 13.1 Å². The van der Waals surface area contributed by atoms with Crippen LogP contribution in [0.3, 0.4) is 0 Å². The van der Waals surface area contributed by atoms with Gasteiger partial charge in [-0.2, -0.15) is 5.26 Å². The van der Waals surface area contributed by atoms with Crippen LogP contribution in [0.2, 0.25) is 0 Å². The van der Waals surface area contributed by atoms with Crippen LogP contribution in [0.4, 0.5) is 0 Å². The molecular weight excluding hydrogens is 210 g/mol. The van der Waals surface area contributed by atoms with E-state index in [0.717, 1.165) is 19.4 Å². The van der Waals surface area contributed by atoms with Crippen LogP contribution in [0, 0.1) is 11.3 Å². The lowest BCUT2D eigenvalue weighted by molar-refractivity contribution is 0.631. The normalized spacial score (nSPS) is 10.6. The third-order valence-corrected chi connectivity index (χ3v) is 3.03. The van der Waals surface area contributed by atoms with Gasteiger partial charge in [0.2, 0.25) is 0 Å². The number of hydrogen-bond donors (Lipinski definition) is 1. The summed E-state index contributed by atoms with van der Waals surface area (Å²) in [6.45, 7) is 1.53. The first kappa shape index (κ1) is 11.7. The predicted molar refractivity (Wildman–Crippen MR) is 69.3 cm³/mol. The van der Waals surface area contributed by atoms with E-state index < -0.39 is 0 Å². The molecule has 0 atom stereocenters. The number of aromatic nitrogens is 1. The van der Waals surface area contributed by atoms with Gasteiger partial charge < -0.3 is 10.3 Å². The number of aryl methyl sites for hydroxylation is 1. The quantitative estimate of drug-likeness (QED) is 0.798. The molecule has 0 fully saturated rings. The van der Waals surface area contributed by atoms with Gasteiger partial charge in [0.25, 0.3) is 0 Å². The van der Waals surface area contributed by atoms with Gasteiger partial charge in [-0.15, -0.1) is 0 Å². The molecule has 3 heteroatoms. The second kappa shape index (κ2) is 5.51. The first-order valence-electron chi connectivity index (χ1n) is 6.00. The van der Waals surface area contributed by atoms with Crippen molar-refractivity contribution in [2.24, 2.45) is 5.73 Å². The van der Waals surface area contributed by atoms with E-state index in [1.54, 1.807) is 0 Å². The highest BCUT2D eigenvalue weighted by Gasteiger charge is 2.04. The molecule has 0 bridgehead atoms. The molecule has 2 rings (SSSR count). The van der Waals surface area contributed by atoms with E-state index in [9.17, 15) is 0 Å². The maximum Gasteiger partial charge on any atom is 0.0621 e. The van der Waals surface area contributed by atoms with Crippen LogP contribution in [0.25, 0.3) is 10.9 Å². The van der Waals surface area contributed by atoms with Crippen molar-refractivity contribution >= 4 is 10.9 Å². The van der Waals surface area contributed by atoms with Crippen molar-refractivity contribution in [3.8, 4) is 6.07 Å². The summed E-state index contributed by atoms with van der Waals surface area (Å²) in [5.74, 6) is 0. The predicted octanol–water partition coefficient (Wildman–Crippen LogP) is 2.79. The molecule has 0 aliphatic carbocycles. The Kier molecular flexibility index (Phi) is 3.79. The van der Waals surface area contributed by atoms with Crippen LogP contribution < -0.4 is 5.73 Å². The fourth-order valence-electron chi connectivity index (χ4n) is 2.18. The standard InChI is InChI=1S/C14H17N3/c15-8-2-1-3-9-17-10-7-12-5-4-6-13(11-16)14(12)17/h4-7,10H,1-3,9,11,16H2. The largest absolute Gasteiger partial charge is 0.347 e. The Morgan fingerprint density at radius 2 is 2.12 bits per heavy atom. The molecule has 2 N–H and O–H groups in total. The van der Waals surface area contributed by atoms with Gasteiger partial charge >= 0.3 is 0 Å². The molecule has 3 nitrogen and oxygen atoms in total. The van der Waals surface area contributed by atoms with Crippen molar-refractivity contribution in [2.45, 2.75) is 32.4 Å². The summed E-state index contributed by atoms with van der Waals surface area (Å²) in [5.41, 5.74) is 8.19. The number of benzene rings is 1. The molecule has 2 aromatic rings. The van der Waals surface area contributed by atoms with Gasteiger partial charge in [-0.3, -0.25) is 0 Å². The molecule has 1 aromatic heterocycles. The van der Waals surface area contributed by atoms with Gasteiger partial charge in [0.1, 0.15) is 0 Å². The zero-order chi connectivity index (χ0) is 12.1.